The normalized spacial score (nSPS) is 10.4. The lowest BCUT2D eigenvalue weighted by molar-refractivity contribution is -0.137. The molecule has 1 amide bonds. The number of esters is 1. The Morgan fingerprint density at radius 1 is 1.39 bits per heavy atom. The summed E-state index contributed by atoms with van der Waals surface area (Å²) in [5.41, 5.74) is 1.19. The van der Waals surface area contributed by atoms with Crippen molar-refractivity contribution in [3.8, 4) is 0 Å². The number of anilines is 1. The van der Waals surface area contributed by atoms with E-state index in [0.29, 0.717) is 17.1 Å². The Bertz CT molecular complexity index is 687. The van der Waals surface area contributed by atoms with Crippen LogP contribution in [-0.2, 0) is 22.3 Å². The second kappa shape index (κ2) is 7.77. The minimum atomic E-state index is -0.281. The van der Waals surface area contributed by atoms with Crippen molar-refractivity contribution < 1.29 is 14.3 Å². The number of pyridine rings is 1. The number of thioether (sulfide) groups is 1. The van der Waals surface area contributed by atoms with E-state index >= 15 is 0 Å². The summed E-state index contributed by atoms with van der Waals surface area (Å²) < 4.78 is 6.32. The molecule has 0 bridgehead atoms. The predicted molar refractivity (Wildman–Crippen MR) is 88.4 cm³/mol. The van der Waals surface area contributed by atoms with E-state index in [4.69, 9.17) is 0 Å². The largest absolute Gasteiger partial charge is 0.468 e. The molecule has 0 atom stereocenters. The molecule has 2 aromatic rings. The highest BCUT2D eigenvalue weighted by Crippen LogP contribution is 2.16. The van der Waals surface area contributed by atoms with Gasteiger partial charge in [0.2, 0.25) is 0 Å². The number of ether oxygens (including phenoxy) is 1. The summed E-state index contributed by atoms with van der Waals surface area (Å²) in [6, 6.07) is 3.59. The number of amides is 1. The van der Waals surface area contributed by atoms with Crippen LogP contribution in [0.2, 0.25) is 0 Å². The van der Waals surface area contributed by atoms with E-state index in [-0.39, 0.29) is 17.6 Å². The summed E-state index contributed by atoms with van der Waals surface area (Å²) in [4.78, 5) is 33.5. The Morgan fingerprint density at radius 2 is 2.17 bits per heavy atom. The molecule has 0 radical (unpaired) electrons. The van der Waals surface area contributed by atoms with Crippen molar-refractivity contribution in [2.24, 2.45) is 7.05 Å². The van der Waals surface area contributed by atoms with E-state index in [1.165, 1.54) is 23.8 Å². The van der Waals surface area contributed by atoms with Gasteiger partial charge in [-0.25, -0.2) is 4.98 Å². The lowest BCUT2D eigenvalue weighted by atomic mass is 10.3. The third-order valence-corrected chi connectivity index (χ3v) is 4.22. The number of carbonyl (C=O) groups is 2. The van der Waals surface area contributed by atoms with Gasteiger partial charge in [0.1, 0.15) is 11.5 Å². The monoisotopic (exact) mass is 334 g/mol. The number of hydrogen-bond acceptors (Lipinski definition) is 6. The van der Waals surface area contributed by atoms with Crippen molar-refractivity contribution in [1.29, 1.82) is 0 Å². The minimum absolute atomic E-state index is 0.169. The fraction of sp³-hybridized carbons (Fsp3) is 0.333. The molecule has 0 aliphatic rings. The van der Waals surface area contributed by atoms with E-state index in [1.54, 1.807) is 43.3 Å². The smallest absolute Gasteiger partial charge is 0.315 e. The number of nitrogens with zero attached hydrogens (tertiary/aromatic N) is 4. The average Bonchev–Trinajstić information content (AvgIpc) is 2.95. The maximum Gasteiger partial charge on any atom is 0.315 e. The molecule has 0 unspecified atom stereocenters. The molecule has 0 aliphatic heterocycles. The fourth-order valence-corrected chi connectivity index (χ4v) is 2.74. The highest BCUT2D eigenvalue weighted by Gasteiger charge is 2.19. The predicted octanol–water partition coefficient (Wildman–Crippen LogP) is 1.50. The van der Waals surface area contributed by atoms with Crippen LogP contribution in [0.3, 0.4) is 0 Å². The van der Waals surface area contributed by atoms with Crippen molar-refractivity contribution >= 4 is 29.3 Å². The summed E-state index contributed by atoms with van der Waals surface area (Å²) in [6.45, 7) is 0. The average molecular weight is 334 g/mol. The summed E-state index contributed by atoms with van der Waals surface area (Å²) >= 11 is 1.39. The fourth-order valence-electron chi connectivity index (χ4n) is 1.91. The third-order valence-electron chi connectivity index (χ3n) is 3.32. The summed E-state index contributed by atoms with van der Waals surface area (Å²) in [7, 11) is 4.83. The van der Waals surface area contributed by atoms with Crippen LogP contribution in [0.5, 0.6) is 0 Å². The first-order valence-electron chi connectivity index (χ1n) is 6.87. The summed E-state index contributed by atoms with van der Waals surface area (Å²) in [5, 5.41) is 0. The Hall–Kier alpha value is -2.35. The second-order valence-electron chi connectivity index (χ2n) is 4.76. The Labute approximate surface area is 138 Å². The first-order valence-corrected chi connectivity index (χ1v) is 8.03. The van der Waals surface area contributed by atoms with Gasteiger partial charge >= 0.3 is 5.97 Å². The Kier molecular flexibility index (Phi) is 5.75. The number of imidazole rings is 1. The molecule has 0 saturated heterocycles. The van der Waals surface area contributed by atoms with Crippen LogP contribution < -0.4 is 4.90 Å². The van der Waals surface area contributed by atoms with Crippen LogP contribution >= 0.6 is 11.8 Å². The number of rotatable bonds is 6. The molecule has 7 nitrogen and oxygen atoms in total. The molecule has 0 N–H and O–H groups in total. The molecule has 0 fully saturated rings. The Morgan fingerprint density at radius 3 is 2.83 bits per heavy atom. The summed E-state index contributed by atoms with van der Waals surface area (Å²) in [5.74, 6) is 1.05. The van der Waals surface area contributed by atoms with Gasteiger partial charge in [-0.1, -0.05) is 0 Å². The molecule has 0 spiro atoms. The lowest BCUT2D eigenvalue weighted by Crippen LogP contribution is -2.28. The molecule has 2 rings (SSSR count). The van der Waals surface area contributed by atoms with Crippen LogP contribution in [-0.4, -0.2) is 46.3 Å². The van der Waals surface area contributed by atoms with Gasteiger partial charge in [-0.2, -0.15) is 0 Å². The van der Waals surface area contributed by atoms with Gasteiger partial charge in [-0.05, 0) is 12.1 Å². The lowest BCUT2D eigenvalue weighted by Gasteiger charge is -2.17. The molecular weight excluding hydrogens is 316 g/mol. The van der Waals surface area contributed by atoms with Crippen LogP contribution in [0.4, 0.5) is 5.69 Å². The standard InChI is InChI=1S/C15H18N4O3S/c1-18(11-5-4-6-16-7-11)15(21)12-8-17-13(19(12)2)9-23-10-14(20)22-3/h4-8H,9-10H2,1-3H3. The number of methoxy groups -OCH3 is 1. The van der Waals surface area contributed by atoms with Crippen molar-refractivity contribution in [3.05, 3.63) is 42.2 Å². The summed E-state index contributed by atoms with van der Waals surface area (Å²) in [6.07, 6.45) is 4.83. The molecule has 2 aromatic heterocycles. The number of aromatic nitrogens is 3. The van der Waals surface area contributed by atoms with Gasteiger partial charge in [0.15, 0.2) is 0 Å². The molecule has 0 saturated carbocycles. The molecular formula is C15H18N4O3S. The zero-order valence-corrected chi connectivity index (χ0v) is 14.0. The van der Waals surface area contributed by atoms with Gasteiger partial charge < -0.3 is 14.2 Å². The van der Waals surface area contributed by atoms with E-state index in [2.05, 4.69) is 14.7 Å². The first-order chi connectivity index (χ1) is 11.0. The topological polar surface area (TPSA) is 77.3 Å². The number of carbonyl (C=O) groups excluding carboxylic acids is 2. The van der Waals surface area contributed by atoms with Crippen LogP contribution in [0.1, 0.15) is 16.3 Å². The Balaban J connectivity index is 2.06. The van der Waals surface area contributed by atoms with Gasteiger partial charge in [0.05, 0.1) is 36.7 Å². The maximum atomic E-state index is 12.6. The maximum absolute atomic E-state index is 12.6. The van der Waals surface area contributed by atoms with E-state index in [1.807, 2.05) is 6.07 Å². The molecule has 122 valence electrons. The van der Waals surface area contributed by atoms with E-state index in [9.17, 15) is 9.59 Å². The van der Waals surface area contributed by atoms with Crippen molar-refractivity contribution in [2.45, 2.75) is 5.75 Å². The van der Waals surface area contributed by atoms with Crippen LogP contribution in [0, 0.1) is 0 Å². The van der Waals surface area contributed by atoms with Gasteiger partial charge in [0, 0.05) is 20.3 Å². The van der Waals surface area contributed by atoms with Gasteiger partial charge in [0.25, 0.3) is 5.91 Å². The zero-order chi connectivity index (χ0) is 16.8. The van der Waals surface area contributed by atoms with Crippen LogP contribution in [0.25, 0.3) is 0 Å². The molecule has 0 aliphatic carbocycles. The third kappa shape index (κ3) is 4.10. The van der Waals surface area contributed by atoms with Crippen molar-refractivity contribution in [3.63, 3.8) is 0 Å². The van der Waals surface area contributed by atoms with E-state index < -0.39 is 0 Å². The highest BCUT2D eigenvalue weighted by atomic mass is 32.2. The van der Waals surface area contributed by atoms with Crippen molar-refractivity contribution in [1.82, 2.24) is 14.5 Å². The van der Waals surface area contributed by atoms with Gasteiger partial charge in [-0.15, -0.1) is 11.8 Å². The number of hydrogen-bond donors (Lipinski definition) is 0. The first kappa shape index (κ1) is 17.0. The van der Waals surface area contributed by atoms with Crippen LogP contribution in [0.15, 0.2) is 30.7 Å². The van der Waals surface area contributed by atoms with E-state index in [0.717, 1.165) is 5.82 Å². The second-order valence-corrected chi connectivity index (χ2v) is 5.75. The quantitative estimate of drug-likeness (QED) is 0.745. The highest BCUT2D eigenvalue weighted by molar-refractivity contribution is 7.99. The SMILES string of the molecule is COC(=O)CSCc1ncc(C(=O)N(C)c2cccnc2)n1C. The zero-order valence-electron chi connectivity index (χ0n) is 13.2. The molecule has 8 heteroatoms. The van der Waals surface area contributed by atoms with Crippen molar-refractivity contribution in [2.75, 3.05) is 24.8 Å². The molecule has 0 aromatic carbocycles. The molecule has 2 heterocycles. The van der Waals surface area contributed by atoms with Gasteiger partial charge in [-0.3, -0.25) is 14.6 Å². The minimum Gasteiger partial charge on any atom is -0.468 e. The molecule has 23 heavy (non-hydrogen) atoms.